The van der Waals surface area contributed by atoms with E-state index in [1.807, 2.05) is 24.3 Å². The molecule has 4 nitrogen and oxygen atoms in total. The lowest BCUT2D eigenvalue weighted by atomic mass is 9.83. The minimum atomic E-state index is 0.0935. The summed E-state index contributed by atoms with van der Waals surface area (Å²) in [5.74, 6) is 0.754. The van der Waals surface area contributed by atoms with Crippen molar-refractivity contribution < 1.29 is 14.3 Å². The van der Waals surface area contributed by atoms with Gasteiger partial charge in [0.25, 0.3) is 0 Å². The highest BCUT2D eigenvalue weighted by Gasteiger charge is 2.20. The summed E-state index contributed by atoms with van der Waals surface area (Å²) in [4.78, 5) is 12.4. The molecule has 0 unspecified atom stereocenters. The molecule has 21 heavy (non-hydrogen) atoms. The third-order valence-corrected chi connectivity index (χ3v) is 3.58. The van der Waals surface area contributed by atoms with E-state index in [0.29, 0.717) is 37.5 Å². The van der Waals surface area contributed by atoms with Gasteiger partial charge in [-0.25, -0.2) is 0 Å². The highest BCUT2D eigenvalue weighted by molar-refractivity contribution is 5.98. The van der Waals surface area contributed by atoms with E-state index in [4.69, 9.17) is 15.2 Å². The summed E-state index contributed by atoms with van der Waals surface area (Å²) in [7, 11) is 1.62. The highest BCUT2D eigenvalue weighted by Crippen LogP contribution is 2.28. The van der Waals surface area contributed by atoms with Crippen molar-refractivity contribution in [3.8, 4) is 5.75 Å². The largest absolute Gasteiger partial charge is 0.490 e. The molecule has 0 amide bonds. The smallest absolute Gasteiger partial charge is 0.166 e. The lowest BCUT2D eigenvalue weighted by Gasteiger charge is -2.23. The van der Waals surface area contributed by atoms with Gasteiger partial charge >= 0.3 is 0 Å². The molecule has 118 valence electrons. The van der Waals surface area contributed by atoms with Crippen molar-refractivity contribution >= 4 is 5.78 Å². The zero-order valence-electron chi connectivity index (χ0n) is 13.4. The summed E-state index contributed by atoms with van der Waals surface area (Å²) < 4.78 is 10.6. The first kappa shape index (κ1) is 17.7. The van der Waals surface area contributed by atoms with E-state index in [1.165, 1.54) is 0 Å². The van der Waals surface area contributed by atoms with Crippen molar-refractivity contribution in [3.63, 3.8) is 0 Å². The van der Waals surface area contributed by atoms with E-state index < -0.39 is 0 Å². The number of Topliss-reactive ketones (excluding diaryl/α,β-unsaturated/α-hetero) is 1. The molecule has 0 atom stereocenters. The zero-order valence-corrected chi connectivity index (χ0v) is 13.4. The topological polar surface area (TPSA) is 61.5 Å². The van der Waals surface area contributed by atoms with Gasteiger partial charge in [0.15, 0.2) is 5.78 Å². The Kier molecular flexibility index (Phi) is 7.40. The van der Waals surface area contributed by atoms with Crippen LogP contribution in [0.15, 0.2) is 24.3 Å². The quantitative estimate of drug-likeness (QED) is 0.532. The monoisotopic (exact) mass is 293 g/mol. The SMILES string of the molecule is COCCOc1ccccc1C(=O)CCC(C)(C)CCN. The molecule has 0 spiro atoms. The van der Waals surface area contributed by atoms with Crippen LogP contribution < -0.4 is 10.5 Å². The summed E-state index contributed by atoms with van der Waals surface area (Å²) in [6.07, 6.45) is 2.26. The summed E-state index contributed by atoms with van der Waals surface area (Å²) >= 11 is 0. The second-order valence-corrected chi connectivity index (χ2v) is 5.96. The van der Waals surface area contributed by atoms with Gasteiger partial charge in [0.2, 0.25) is 0 Å². The number of ketones is 1. The Labute approximate surface area is 127 Å². The van der Waals surface area contributed by atoms with E-state index in [1.54, 1.807) is 7.11 Å². The van der Waals surface area contributed by atoms with Gasteiger partial charge in [-0.1, -0.05) is 26.0 Å². The minimum absolute atomic E-state index is 0.0935. The fourth-order valence-corrected chi connectivity index (χ4v) is 2.16. The third-order valence-electron chi connectivity index (χ3n) is 3.58. The van der Waals surface area contributed by atoms with Gasteiger partial charge < -0.3 is 15.2 Å². The standard InChI is InChI=1S/C17H27NO3/c1-17(2,10-11-18)9-8-15(19)14-6-4-5-7-16(14)21-13-12-20-3/h4-7H,8-13,18H2,1-3H3. The Balaban J connectivity index is 2.65. The van der Waals surface area contributed by atoms with Crippen molar-refractivity contribution in [3.05, 3.63) is 29.8 Å². The van der Waals surface area contributed by atoms with Gasteiger partial charge in [-0.3, -0.25) is 4.79 Å². The number of ether oxygens (including phenoxy) is 2. The van der Waals surface area contributed by atoms with E-state index in [0.717, 1.165) is 12.8 Å². The highest BCUT2D eigenvalue weighted by atomic mass is 16.5. The summed E-state index contributed by atoms with van der Waals surface area (Å²) in [5, 5.41) is 0. The number of hydrogen-bond donors (Lipinski definition) is 1. The molecule has 0 saturated carbocycles. The van der Waals surface area contributed by atoms with Crippen molar-refractivity contribution in [2.75, 3.05) is 26.9 Å². The third kappa shape index (κ3) is 6.27. The van der Waals surface area contributed by atoms with Gasteiger partial charge in [-0.05, 0) is 36.9 Å². The summed E-state index contributed by atoms with van der Waals surface area (Å²) in [6.45, 7) is 5.89. The maximum atomic E-state index is 12.4. The Morgan fingerprint density at radius 1 is 1.19 bits per heavy atom. The number of methoxy groups -OCH3 is 1. The fourth-order valence-electron chi connectivity index (χ4n) is 2.16. The Morgan fingerprint density at radius 2 is 1.90 bits per heavy atom. The number of hydrogen-bond acceptors (Lipinski definition) is 4. The second-order valence-electron chi connectivity index (χ2n) is 5.96. The molecular weight excluding hydrogens is 266 g/mol. The molecule has 2 N–H and O–H groups in total. The molecular formula is C17H27NO3. The molecule has 0 fully saturated rings. The molecule has 0 aliphatic rings. The van der Waals surface area contributed by atoms with Crippen LogP contribution in [0.1, 0.15) is 43.5 Å². The van der Waals surface area contributed by atoms with Crippen LogP contribution in [-0.4, -0.2) is 32.7 Å². The number of rotatable bonds is 10. The maximum Gasteiger partial charge on any atom is 0.166 e. The van der Waals surface area contributed by atoms with Gasteiger partial charge in [-0.2, -0.15) is 0 Å². The average molecular weight is 293 g/mol. The first-order valence-electron chi connectivity index (χ1n) is 7.44. The zero-order chi connectivity index (χ0) is 15.7. The van der Waals surface area contributed by atoms with E-state index in [2.05, 4.69) is 13.8 Å². The Bertz CT molecular complexity index is 443. The molecule has 1 rings (SSSR count). The lowest BCUT2D eigenvalue weighted by molar-refractivity contribution is 0.0954. The van der Waals surface area contributed by atoms with Crippen molar-refractivity contribution in [2.45, 2.75) is 33.1 Å². The molecule has 0 heterocycles. The Hall–Kier alpha value is -1.39. The van der Waals surface area contributed by atoms with Crippen LogP contribution >= 0.6 is 0 Å². The van der Waals surface area contributed by atoms with Crippen LogP contribution in [0.2, 0.25) is 0 Å². The number of nitrogens with two attached hydrogens (primary N) is 1. The fraction of sp³-hybridized carbons (Fsp3) is 0.588. The second kappa shape index (κ2) is 8.80. The number of benzene rings is 1. The molecule has 1 aromatic rings. The molecule has 1 aromatic carbocycles. The summed E-state index contributed by atoms with van der Waals surface area (Å²) in [5.41, 5.74) is 6.35. The van der Waals surface area contributed by atoms with E-state index in [-0.39, 0.29) is 11.2 Å². The average Bonchev–Trinajstić information content (AvgIpc) is 2.46. The Morgan fingerprint density at radius 3 is 2.57 bits per heavy atom. The minimum Gasteiger partial charge on any atom is -0.490 e. The van der Waals surface area contributed by atoms with Gasteiger partial charge in [0, 0.05) is 13.5 Å². The van der Waals surface area contributed by atoms with Crippen LogP contribution in [0.4, 0.5) is 0 Å². The van der Waals surface area contributed by atoms with E-state index in [9.17, 15) is 4.79 Å². The number of carbonyl (C=O) groups excluding carboxylic acids is 1. The predicted molar refractivity (Wildman–Crippen MR) is 84.8 cm³/mol. The number of para-hydroxylation sites is 1. The van der Waals surface area contributed by atoms with Crippen LogP contribution in [0.25, 0.3) is 0 Å². The number of carbonyl (C=O) groups is 1. The molecule has 0 aliphatic carbocycles. The van der Waals surface area contributed by atoms with Gasteiger partial charge in [-0.15, -0.1) is 0 Å². The molecule has 0 aromatic heterocycles. The lowest BCUT2D eigenvalue weighted by Crippen LogP contribution is -2.18. The van der Waals surface area contributed by atoms with Crippen LogP contribution in [0.5, 0.6) is 5.75 Å². The maximum absolute atomic E-state index is 12.4. The van der Waals surface area contributed by atoms with Crippen LogP contribution in [0.3, 0.4) is 0 Å². The van der Waals surface area contributed by atoms with Gasteiger partial charge in [0.1, 0.15) is 12.4 Å². The molecule has 0 radical (unpaired) electrons. The van der Waals surface area contributed by atoms with Gasteiger partial charge in [0.05, 0.1) is 12.2 Å². The first-order chi connectivity index (χ1) is 10.00. The van der Waals surface area contributed by atoms with Crippen LogP contribution in [-0.2, 0) is 4.74 Å². The normalized spacial score (nSPS) is 11.4. The molecule has 0 bridgehead atoms. The molecule has 0 aliphatic heterocycles. The molecule has 4 heteroatoms. The van der Waals surface area contributed by atoms with Crippen LogP contribution in [0, 0.1) is 5.41 Å². The summed E-state index contributed by atoms with van der Waals surface area (Å²) in [6, 6.07) is 7.38. The first-order valence-corrected chi connectivity index (χ1v) is 7.44. The van der Waals surface area contributed by atoms with E-state index >= 15 is 0 Å². The molecule has 0 saturated heterocycles. The van der Waals surface area contributed by atoms with Crippen molar-refractivity contribution in [2.24, 2.45) is 11.1 Å². The van der Waals surface area contributed by atoms with Crippen molar-refractivity contribution in [1.29, 1.82) is 0 Å². The predicted octanol–water partition coefficient (Wildman–Crippen LogP) is 3.05. The van der Waals surface area contributed by atoms with Crippen molar-refractivity contribution in [1.82, 2.24) is 0 Å².